The van der Waals surface area contributed by atoms with Gasteiger partial charge < -0.3 is 10.1 Å². The predicted octanol–water partition coefficient (Wildman–Crippen LogP) is 0.913. The maximum atomic E-state index is 11.7. The van der Waals surface area contributed by atoms with Crippen molar-refractivity contribution < 1.29 is 9.53 Å². The largest absolute Gasteiger partial charge is 0.465 e. The zero-order chi connectivity index (χ0) is 12.1. The van der Waals surface area contributed by atoms with Gasteiger partial charge in [-0.2, -0.15) is 0 Å². The lowest BCUT2D eigenvalue weighted by Crippen LogP contribution is -2.19. The van der Waals surface area contributed by atoms with Crippen LogP contribution in [0.25, 0.3) is 0 Å². The number of anilines is 1. The fraction of sp³-hybridized carbons (Fsp3) is 0.700. The van der Waals surface area contributed by atoms with Crippen LogP contribution in [0.3, 0.4) is 0 Å². The summed E-state index contributed by atoms with van der Waals surface area (Å²) in [5, 5.41) is 10.9. The van der Waals surface area contributed by atoms with E-state index in [4.69, 9.17) is 4.74 Å². The molecule has 0 saturated heterocycles. The Morgan fingerprint density at radius 3 is 2.62 bits per heavy atom. The zero-order valence-corrected chi connectivity index (χ0v) is 10.1. The van der Waals surface area contributed by atoms with E-state index in [1.807, 2.05) is 14.0 Å². The van der Waals surface area contributed by atoms with E-state index in [9.17, 15) is 4.79 Å². The standard InChI is InChI=1S/C10H18N4O2/c1-5-7(9(15)16-6-2)8-12-13-10(11-3)14(8)4/h7H,5-6H2,1-4H3,(H,11,13). The summed E-state index contributed by atoms with van der Waals surface area (Å²) in [5.74, 6) is 0.672. The Bertz CT molecular complexity index is 362. The van der Waals surface area contributed by atoms with E-state index in [2.05, 4.69) is 15.5 Å². The Morgan fingerprint density at radius 2 is 2.19 bits per heavy atom. The van der Waals surface area contributed by atoms with Gasteiger partial charge in [-0.25, -0.2) is 0 Å². The SMILES string of the molecule is CCOC(=O)C(CC)c1nnc(NC)n1C. The molecule has 1 N–H and O–H groups in total. The van der Waals surface area contributed by atoms with Crippen molar-refractivity contribution in [1.82, 2.24) is 14.8 Å². The van der Waals surface area contributed by atoms with E-state index in [-0.39, 0.29) is 11.9 Å². The van der Waals surface area contributed by atoms with E-state index in [1.54, 1.807) is 18.5 Å². The van der Waals surface area contributed by atoms with Gasteiger partial charge in [0.25, 0.3) is 0 Å². The van der Waals surface area contributed by atoms with Crippen LogP contribution in [-0.2, 0) is 16.6 Å². The van der Waals surface area contributed by atoms with Crippen LogP contribution < -0.4 is 5.32 Å². The molecule has 90 valence electrons. The third-order valence-corrected chi connectivity index (χ3v) is 2.42. The molecule has 6 heteroatoms. The summed E-state index contributed by atoms with van der Waals surface area (Å²) < 4.78 is 6.78. The predicted molar refractivity (Wildman–Crippen MR) is 60.2 cm³/mol. The van der Waals surface area contributed by atoms with Crippen molar-refractivity contribution in [3.05, 3.63) is 5.82 Å². The molecule has 1 heterocycles. The average molecular weight is 226 g/mol. The minimum absolute atomic E-state index is 0.247. The van der Waals surface area contributed by atoms with E-state index in [1.165, 1.54) is 0 Å². The number of aromatic nitrogens is 3. The van der Waals surface area contributed by atoms with Gasteiger partial charge in [-0.15, -0.1) is 10.2 Å². The van der Waals surface area contributed by atoms with Gasteiger partial charge in [0.2, 0.25) is 5.95 Å². The van der Waals surface area contributed by atoms with Gasteiger partial charge in [-0.1, -0.05) is 6.92 Å². The van der Waals surface area contributed by atoms with Crippen molar-refractivity contribution in [2.75, 3.05) is 19.0 Å². The molecule has 0 aliphatic rings. The first-order chi connectivity index (χ1) is 7.65. The number of carbonyl (C=O) groups excluding carboxylic acids is 1. The lowest BCUT2D eigenvalue weighted by atomic mass is 10.1. The summed E-state index contributed by atoms with van der Waals surface area (Å²) in [6, 6.07) is 0. The van der Waals surface area contributed by atoms with Gasteiger partial charge in [0.1, 0.15) is 11.7 Å². The van der Waals surface area contributed by atoms with Crippen LogP contribution >= 0.6 is 0 Å². The molecule has 1 aromatic rings. The van der Waals surface area contributed by atoms with E-state index < -0.39 is 0 Å². The van der Waals surface area contributed by atoms with Gasteiger partial charge in [0, 0.05) is 14.1 Å². The Hall–Kier alpha value is -1.59. The maximum Gasteiger partial charge on any atom is 0.316 e. The molecule has 6 nitrogen and oxygen atoms in total. The smallest absolute Gasteiger partial charge is 0.316 e. The lowest BCUT2D eigenvalue weighted by Gasteiger charge is -2.12. The average Bonchev–Trinajstić information content (AvgIpc) is 2.62. The summed E-state index contributed by atoms with van der Waals surface area (Å²) in [7, 11) is 3.59. The molecule has 0 radical (unpaired) electrons. The summed E-state index contributed by atoms with van der Waals surface area (Å²) >= 11 is 0. The highest BCUT2D eigenvalue weighted by molar-refractivity contribution is 5.77. The zero-order valence-electron chi connectivity index (χ0n) is 10.1. The van der Waals surface area contributed by atoms with Crippen molar-refractivity contribution in [3.8, 4) is 0 Å². The van der Waals surface area contributed by atoms with E-state index in [0.717, 1.165) is 0 Å². The fourth-order valence-corrected chi connectivity index (χ4v) is 1.56. The number of nitrogens with one attached hydrogen (secondary N) is 1. The van der Waals surface area contributed by atoms with Crippen LogP contribution in [0.15, 0.2) is 0 Å². The number of hydrogen-bond donors (Lipinski definition) is 1. The van der Waals surface area contributed by atoms with E-state index >= 15 is 0 Å². The molecule has 0 amide bonds. The molecule has 16 heavy (non-hydrogen) atoms. The van der Waals surface area contributed by atoms with Crippen LogP contribution in [0.5, 0.6) is 0 Å². The number of ether oxygens (including phenoxy) is 1. The van der Waals surface area contributed by atoms with Crippen molar-refractivity contribution in [2.45, 2.75) is 26.2 Å². The Balaban J connectivity index is 2.95. The third-order valence-electron chi connectivity index (χ3n) is 2.42. The summed E-state index contributed by atoms with van der Waals surface area (Å²) in [5.41, 5.74) is 0. The Kier molecular flexibility index (Phi) is 4.28. The van der Waals surface area contributed by atoms with Crippen molar-refractivity contribution in [2.24, 2.45) is 7.05 Å². The molecule has 0 saturated carbocycles. The van der Waals surface area contributed by atoms with Crippen LogP contribution in [0.1, 0.15) is 32.0 Å². The number of nitrogens with zero attached hydrogens (tertiary/aromatic N) is 3. The monoisotopic (exact) mass is 226 g/mol. The number of hydrogen-bond acceptors (Lipinski definition) is 5. The summed E-state index contributed by atoms with van der Waals surface area (Å²) in [4.78, 5) is 11.7. The van der Waals surface area contributed by atoms with Crippen LogP contribution in [0.2, 0.25) is 0 Å². The van der Waals surface area contributed by atoms with Gasteiger partial charge >= 0.3 is 5.97 Å². The normalized spacial score (nSPS) is 12.2. The van der Waals surface area contributed by atoms with Gasteiger partial charge in [0.05, 0.1) is 6.61 Å². The molecule has 0 bridgehead atoms. The van der Waals surface area contributed by atoms with Crippen molar-refractivity contribution in [1.29, 1.82) is 0 Å². The molecular formula is C10H18N4O2. The minimum atomic E-state index is -0.348. The first kappa shape index (κ1) is 12.5. The van der Waals surface area contributed by atoms with Crippen LogP contribution in [0.4, 0.5) is 5.95 Å². The summed E-state index contributed by atoms with van der Waals surface area (Å²) in [6.07, 6.45) is 0.647. The van der Waals surface area contributed by atoms with Gasteiger partial charge in [-0.05, 0) is 13.3 Å². The lowest BCUT2D eigenvalue weighted by molar-refractivity contribution is -0.145. The summed E-state index contributed by atoms with van der Waals surface area (Å²) in [6.45, 7) is 4.10. The molecule has 0 fully saturated rings. The molecule has 1 rings (SSSR count). The third kappa shape index (κ3) is 2.32. The second-order valence-electron chi connectivity index (χ2n) is 3.40. The second-order valence-corrected chi connectivity index (χ2v) is 3.40. The molecule has 1 atom stereocenters. The Labute approximate surface area is 95.0 Å². The topological polar surface area (TPSA) is 69.0 Å². The molecule has 0 spiro atoms. The first-order valence-electron chi connectivity index (χ1n) is 5.39. The molecule has 0 aliphatic heterocycles. The van der Waals surface area contributed by atoms with Crippen molar-refractivity contribution in [3.63, 3.8) is 0 Å². The van der Waals surface area contributed by atoms with Crippen LogP contribution in [-0.4, -0.2) is 34.4 Å². The molecule has 1 unspecified atom stereocenters. The molecule has 0 aromatic carbocycles. The molecular weight excluding hydrogens is 208 g/mol. The number of carbonyl (C=O) groups is 1. The second kappa shape index (κ2) is 5.48. The van der Waals surface area contributed by atoms with Crippen LogP contribution in [0, 0.1) is 0 Å². The fourth-order valence-electron chi connectivity index (χ4n) is 1.56. The molecule has 0 aliphatic carbocycles. The highest BCUT2D eigenvalue weighted by atomic mass is 16.5. The highest BCUT2D eigenvalue weighted by Gasteiger charge is 2.25. The minimum Gasteiger partial charge on any atom is -0.465 e. The number of rotatable bonds is 5. The highest BCUT2D eigenvalue weighted by Crippen LogP contribution is 2.20. The Morgan fingerprint density at radius 1 is 1.50 bits per heavy atom. The number of esters is 1. The van der Waals surface area contributed by atoms with Gasteiger partial charge in [-0.3, -0.25) is 9.36 Å². The molecule has 1 aromatic heterocycles. The van der Waals surface area contributed by atoms with E-state index in [0.29, 0.717) is 24.8 Å². The van der Waals surface area contributed by atoms with Gasteiger partial charge in [0.15, 0.2) is 0 Å². The maximum absolute atomic E-state index is 11.7. The van der Waals surface area contributed by atoms with Crippen molar-refractivity contribution >= 4 is 11.9 Å². The first-order valence-corrected chi connectivity index (χ1v) is 5.39. The quantitative estimate of drug-likeness (QED) is 0.756.